The molecule has 4 heteroatoms. The van der Waals surface area contributed by atoms with Crippen LogP contribution in [-0.2, 0) is 0 Å². The summed E-state index contributed by atoms with van der Waals surface area (Å²) in [6.45, 7) is 2.64. The fraction of sp³-hybridized carbons (Fsp3) is 0.533. The Morgan fingerprint density at radius 2 is 2.16 bits per heavy atom. The van der Waals surface area contributed by atoms with E-state index in [9.17, 15) is 4.79 Å². The largest absolute Gasteiger partial charge is 0.336 e. The lowest BCUT2D eigenvalue weighted by atomic mass is 9.90. The molecule has 1 aromatic rings. The van der Waals surface area contributed by atoms with E-state index in [-0.39, 0.29) is 5.91 Å². The third-order valence-corrected chi connectivity index (χ3v) is 4.50. The molecule has 0 atom stereocenters. The van der Waals surface area contributed by atoms with Crippen molar-refractivity contribution >= 4 is 29.1 Å². The first kappa shape index (κ1) is 14.7. The maximum Gasteiger partial charge on any atom is 0.255 e. The molecular weight excluding hydrogens is 281 g/mol. The van der Waals surface area contributed by atoms with Crippen molar-refractivity contribution in [2.24, 2.45) is 0 Å². The molecule has 0 spiro atoms. The van der Waals surface area contributed by atoms with Crippen LogP contribution >= 0.6 is 23.2 Å². The van der Waals surface area contributed by atoms with Crippen LogP contribution in [0.1, 0.15) is 41.6 Å². The number of hydrogen-bond acceptors (Lipinski definition) is 1. The predicted octanol–water partition coefficient (Wildman–Crippen LogP) is 4.27. The molecule has 19 heavy (non-hydrogen) atoms. The van der Waals surface area contributed by atoms with E-state index in [4.69, 9.17) is 23.2 Å². The number of hydrogen-bond donors (Lipinski definition) is 0. The van der Waals surface area contributed by atoms with Gasteiger partial charge < -0.3 is 4.90 Å². The molecule has 0 saturated heterocycles. The fourth-order valence-electron chi connectivity index (χ4n) is 2.35. The summed E-state index contributed by atoms with van der Waals surface area (Å²) < 4.78 is 0. The van der Waals surface area contributed by atoms with E-state index in [2.05, 4.69) is 0 Å². The summed E-state index contributed by atoms with van der Waals surface area (Å²) in [7, 11) is 0. The second-order valence-electron chi connectivity index (χ2n) is 5.06. The molecule has 1 aromatic carbocycles. The average Bonchev–Trinajstić information content (AvgIpc) is 2.34. The predicted molar refractivity (Wildman–Crippen MR) is 80.2 cm³/mol. The van der Waals surface area contributed by atoms with E-state index >= 15 is 0 Å². The maximum atomic E-state index is 12.7. The summed E-state index contributed by atoms with van der Waals surface area (Å²) in [5, 5.41) is 0.572. The summed E-state index contributed by atoms with van der Waals surface area (Å²) in [6, 6.07) is 5.98. The summed E-state index contributed by atoms with van der Waals surface area (Å²) >= 11 is 12.0. The van der Waals surface area contributed by atoms with Gasteiger partial charge in [-0.1, -0.05) is 23.7 Å². The highest BCUT2D eigenvalue weighted by Gasteiger charge is 2.29. The topological polar surface area (TPSA) is 20.3 Å². The molecule has 1 amide bonds. The molecule has 104 valence electrons. The molecule has 0 N–H and O–H groups in total. The van der Waals surface area contributed by atoms with Gasteiger partial charge in [-0.3, -0.25) is 4.79 Å². The minimum Gasteiger partial charge on any atom is -0.336 e. The zero-order chi connectivity index (χ0) is 13.8. The minimum absolute atomic E-state index is 0.0449. The lowest BCUT2D eigenvalue weighted by Crippen LogP contribution is -2.45. The molecule has 2 rings (SSSR count). The number of amides is 1. The van der Waals surface area contributed by atoms with Gasteiger partial charge in [0.1, 0.15) is 0 Å². The van der Waals surface area contributed by atoms with Gasteiger partial charge in [0.2, 0.25) is 0 Å². The molecule has 0 bridgehead atoms. The van der Waals surface area contributed by atoms with Crippen LogP contribution in [0.3, 0.4) is 0 Å². The van der Waals surface area contributed by atoms with Crippen molar-refractivity contribution in [1.29, 1.82) is 0 Å². The van der Waals surface area contributed by atoms with Crippen molar-refractivity contribution in [3.8, 4) is 0 Å². The number of benzene rings is 1. The van der Waals surface area contributed by atoms with Crippen molar-refractivity contribution < 1.29 is 4.79 Å². The van der Waals surface area contributed by atoms with Gasteiger partial charge in [-0.05, 0) is 44.2 Å². The number of nitrogens with zero attached hydrogens (tertiary/aromatic N) is 1. The van der Waals surface area contributed by atoms with Crippen LogP contribution in [0.2, 0.25) is 5.02 Å². The Balaban J connectivity index is 2.20. The smallest absolute Gasteiger partial charge is 0.255 e. The number of carbonyl (C=O) groups excluding carboxylic acids is 1. The van der Waals surface area contributed by atoms with E-state index in [1.165, 1.54) is 6.42 Å². The maximum absolute atomic E-state index is 12.7. The van der Waals surface area contributed by atoms with Crippen LogP contribution in [-0.4, -0.2) is 29.3 Å². The van der Waals surface area contributed by atoms with Crippen LogP contribution < -0.4 is 0 Å². The first-order chi connectivity index (χ1) is 9.15. The monoisotopic (exact) mass is 299 g/mol. The average molecular weight is 300 g/mol. The first-order valence-corrected chi connectivity index (χ1v) is 7.68. The van der Waals surface area contributed by atoms with Gasteiger partial charge in [-0.25, -0.2) is 0 Å². The SMILES string of the molecule is Cc1cccc(C(=O)N(CCCCl)C2CCC2)c1Cl. The van der Waals surface area contributed by atoms with E-state index in [0.29, 0.717) is 22.5 Å². The van der Waals surface area contributed by atoms with Crippen molar-refractivity contribution in [1.82, 2.24) is 4.90 Å². The van der Waals surface area contributed by atoms with Crippen LogP contribution in [0.15, 0.2) is 18.2 Å². The second-order valence-corrected chi connectivity index (χ2v) is 5.82. The summed E-state index contributed by atoms with van der Waals surface area (Å²) in [5.41, 5.74) is 1.56. The number of alkyl halides is 1. The molecule has 1 fully saturated rings. The highest BCUT2D eigenvalue weighted by Crippen LogP contribution is 2.29. The van der Waals surface area contributed by atoms with Gasteiger partial charge in [0.05, 0.1) is 10.6 Å². The Kier molecular flexibility index (Phi) is 5.12. The second kappa shape index (κ2) is 6.62. The molecular formula is C15H19Cl2NO. The molecule has 1 aliphatic carbocycles. The molecule has 0 aromatic heterocycles. The molecule has 1 aliphatic rings. The van der Waals surface area contributed by atoms with Crippen LogP contribution in [0, 0.1) is 6.92 Å². The van der Waals surface area contributed by atoms with Crippen LogP contribution in [0.5, 0.6) is 0 Å². The normalized spacial score (nSPS) is 15.1. The summed E-state index contributed by atoms with van der Waals surface area (Å²) in [4.78, 5) is 14.6. The third kappa shape index (κ3) is 3.24. The Morgan fingerprint density at radius 1 is 1.42 bits per heavy atom. The van der Waals surface area contributed by atoms with E-state index < -0.39 is 0 Å². The van der Waals surface area contributed by atoms with E-state index in [1.54, 1.807) is 0 Å². The zero-order valence-corrected chi connectivity index (χ0v) is 12.7. The number of rotatable bonds is 5. The van der Waals surface area contributed by atoms with Gasteiger partial charge in [0.25, 0.3) is 5.91 Å². The quantitative estimate of drug-likeness (QED) is 0.744. The Hall–Kier alpha value is -0.730. The van der Waals surface area contributed by atoms with Crippen LogP contribution in [0.4, 0.5) is 0 Å². The third-order valence-electron chi connectivity index (χ3n) is 3.73. The standard InChI is InChI=1S/C15H19Cl2NO/c1-11-5-2-8-13(14(11)17)15(19)18(10-4-9-16)12-6-3-7-12/h2,5,8,12H,3-4,6-7,9-10H2,1H3. The highest BCUT2D eigenvalue weighted by atomic mass is 35.5. The molecule has 1 saturated carbocycles. The molecule has 0 aliphatic heterocycles. The van der Waals surface area contributed by atoms with Gasteiger partial charge in [-0.2, -0.15) is 0 Å². The van der Waals surface area contributed by atoms with Crippen molar-refractivity contribution in [3.63, 3.8) is 0 Å². The van der Waals surface area contributed by atoms with Gasteiger partial charge in [0.15, 0.2) is 0 Å². The minimum atomic E-state index is 0.0449. The molecule has 0 unspecified atom stereocenters. The zero-order valence-electron chi connectivity index (χ0n) is 11.2. The number of aryl methyl sites for hydroxylation is 1. The highest BCUT2D eigenvalue weighted by molar-refractivity contribution is 6.34. The van der Waals surface area contributed by atoms with Crippen molar-refractivity contribution in [2.75, 3.05) is 12.4 Å². The Labute approximate surface area is 124 Å². The lowest BCUT2D eigenvalue weighted by molar-refractivity contribution is 0.0581. The first-order valence-electron chi connectivity index (χ1n) is 6.77. The Bertz CT molecular complexity index is 457. The molecule has 0 heterocycles. The Morgan fingerprint density at radius 3 is 2.74 bits per heavy atom. The summed E-state index contributed by atoms with van der Waals surface area (Å²) in [6.07, 6.45) is 4.22. The van der Waals surface area contributed by atoms with Crippen LogP contribution in [0.25, 0.3) is 0 Å². The van der Waals surface area contributed by atoms with Crippen molar-refractivity contribution in [2.45, 2.75) is 38.6 Å². The van der Waals surface area contributed by atoms with E-state index in [1.807, 2.05) is 30.0 Å². The van der Waals surface area contributed by atoms with Crippen molar-refractivity contribution in [3.05, 3.63) is 34.3 Å². The van der Waals surface area contributed by atoms with Gasteiger partial charge in [-0.15, -0.1) is 11.6 Å². The number of carbonyl (C=O) groups is 1. The molecule has 0 radical (unpaired) electrons. The number of halogens is 2. The van der Waals surface area contributed by atoms with E-state index in [0.717, 1.165) is 31.4 Å². The molecule has 2 nitrogen and oxygen atoms in total. The van der Waals surface area contributed by atoms with Gasteiger partial charge >= 0.3 is 0 Å². The fourth-order valence-corrected chi connectivity index (χ4v) is 2.67. The lowest BCUT2D eigenvalue weighted by Gasteiger charge is -2.37. The summed E-state index contributed by atoms with van der Waals surface area (Å²) in [5.74, 6) is 0.626. The van der Waals surface area contributed by atoms with Gasteiger partial charge in [0, 0.05) is 18.5 Å².